The van der Waals surface area contributed by atoms with E-state index in [-0.39, 0.29) is 0 Å². The van der Waals surface area contributed by atoms with E-state index in [0.717, 1.165) is 47.7 Å². The van der Waals surface area contributed by atoms with Crippen LogP contribution < -0.4 is 0 Å². The predicted octanol–water partition coefficient (Wildman–Crippen LogP) is -0.531. The van der Waals surface area contributed by atoms with Crippen LogP contribution in [0.25, 0.3) is 0 Å². The van der Waals surface area contributed by atoms with E-state index in [1.807, 2.05) is 0 Å². The van der Waals surface area contributed by atoms with Crippen molar-refractivity contribution in [1.82, 2.24) is 4.90 Å². The second-order valence-electron chi connectivity index (χ2n) is 6.32. The second kappa shape index (κ2) is 7.61. The van der Waals surface area contributed by atoms with Crippen LogP contribution >= 0.6 is 0 Å². The van der Waals surface area contributed by atoms with Gasteiger partial charge in [-0.1, -0.05) is 0 Å². The van der Waals surface area contributed by atoms with Crippen molar-refractivity contribution in [2.75, 3.05) is 74.5 Å². The zero-order chi connectivity index (χ0) is 14.2. The summed E-state index contributed by atoms with van der Waals surface area (Å²) in [5, 5.41) is 0. The minimum absolute atomic E-state index is 0.556. The van der Waals surface area contributed by atoms with Crippen LogP contribution in [-0.4, -0.2) is 101 Å². The Balaban J connectivity index is 3.94. The van der Waals surface area contributed by atoms with E-state index >= 15 is 0 Å². The first-order valence-electron chi connectivity index (χ1n) is 6.42. The zero-order valence-electron chi connectivity index (χ0n) is 12.6. The van der Waals surface area contributed by atoms with Gasteiger partial charge in [0, 0.05) is 13.1 Å². The van der Waals surface area contributed by atoms with Gasteiger partial charge in [0.15, 0.2) is 12.6 Å². The van der Waals surface area contributed by atoms with Crippen LogP contribution in [-0.2, 0) is 9.59 Å². The minimum Gasteiger partial charge on any atom is -0.321 e. The molecule has 0 N–H and O–H groups in total. The van der Waals surface area contributed by atoms with E-state index < -0.39 is 0 Å². The number of nitrogens with zero attached hydrogens (tertiary/aromatic N) is 3. The van der Waals surface area contributed by atoms with Gasteiger partial charge in [-0.05, 0) is 7.05 Å². The lowest BCUT2D eigenvalue weighted by molar-refractivity contribution is -0.883. The summed E-state index contributed by atoms with van der Waals surface area (Å²) in [4.78, 5) is 23.3. The molecule has 0 atom stereocenters. The molecule has 18 heavy (non-hydrogen) atoms. The maximum absolute atomic E-state index is 10.5. The summed E-state index contributed by atoms with van der Waals surface area (Å²) in [5.74, 6) is 0. The summed E-state index contributed by atoms with van der Waals surface area (Å²) in [5.41, 5.74) is 0. The van der Waals surface area contributed by atoms with E-state index in [1.165, 1.54) is 0 Å². The number of likely N-dealkylation sites (N-methyl/N-ethyl adjacent to an activating group) is 3. The Morgan fingerprint density at radius 2 is 1.17 bits per heavy atom. The molecule has 0 bridgehead atoms. The minimum atomic E-state index is 0.556. The van der Waals surface area contributed by atoms with Crippen molar-refractivity contribution in [3.05, 3.63) is 0 Å². The van der Waals surface area contributed by atoms with Crippen LogP contribution in [0.15, 0.2) is 0 Å². The molecule has 0 aliphatic heterocycles. The van der Waals surface area contributed by atoms with Crippen LogP contribution in [0.1, 0.15) is 0 Å². The highest BCUT2D eigenvalue weighted by Crippen LogP contribution is 1.98. The lowest BCUT2D eigenvalue weighted by Crippen LogP contribution is -2.49. The van der Waals surface area contributed by atoms with Crippen molar-refractivity contribution >= 4 is 12.6 Å². The Labute approximate surface area is 111 Å². The molecule has 0 saturated carbocycles. The highest BCUT2D eigenvalue weighted by atomic mass is 16.1. The average molecular weight is 259 g/mol. The molecule has 5 nitrogen and oxygen atoms in total. The van der Waals surface area contributed by atoms with Crippen molar-refractivity contribution in [3.63, 3.8) is 0 Å². The third-order valence-electron chi connectivity index (χ3n) is 3.31. The van der Waals surface area contributed by atoms with E-state index in [0.29, 0.717) is 13.1 Å². The van der Waals surface area contributed by atoms with Crippen molar-refractivity contribution in [2.24, 2.45) is 0 Å². The Bertz CT molecular complexity index is 239. The number of carbonyl (C=O) groups excluding carboxylic acids is 2. The summed E-state index contributed by atoms with van der Waals surface area (Å²) in [6.45, 7) is 4.94. The van der Waals surface area contributed by atoms with E-state index in [9.17, 15) is 9.59 Å². The molecule has 0 amide bonds. The predicted molar refractivity (Wildman–Crippen MR) is 73.3 cm³/mol. The van der Waals surface area contributed by atoms with E-state index in [4.69, 9.17) is 0 Å². The Morgan fingerprint density at radius 3 is 1.44 bits per heavy atom. The lowest BCUT2D eigenvalue weighted by Gasteiger charge is -2.32. The van der Waals surface area contributed by atoms with Crippen LogP contribution in [0.4, 0.5) is 0 Å². The number of quaternary nitrogens is 2. The molecule has 0 aromatic carbocycles. The van der Waals surface area contributed by atoms with Crippen molar-refractivity contribution < 1.29 is 18.6 Å². The molecule has 0 spiro atoms. The molecule has 0 aliphatic carbocycles. The molecular weight excluding hydrogens is 230 g/mol. The molecule has 5 heteroatoms. The van der Waals surface area contributed by atoms with Gasteiger partial charge < -0.3 is 8.97 Å². The Morgan fingerprint density at radius 1 is 0.833 bits per heavy atom. The molecule has 0 unspecified atom stereocenters. The number of hydrogen-bond acceptors (Lipinski definition) is 3. The summed E-state index contributed by atoms with van der Waals surface area (Å²) in [6, 6.07) is 0. The summed E-state index contributed by atoms with van der Waals surface area (Å²) < 4.78 is 1.45. The Hall–Kier alpha value is -0.780. The number of rotatable bonds is 10. The Kier molecular flexibility index (Phi) is 7.28. The van der Waals surface area contributed by atoms with Gasteiger partial charge in [-0.25, -0.2) is 0 Å². The van der Waals surface area contributed by atoms with E-state index in [2.05, 4.69) is 40.1 Å². The number of carbonyl (C=O) groups is 2. The van der Waals surface area contributed by atoms with Gasteiger partial charge in [0.2, 0.25) is 0 Å². The first-order valence-corrected chi connectivity index (χ1v) is 6.42. The highest BCUT2D eigenvalue weighted by molar-refractivity contribution is 5.50. The number of hydrogen-bond donors (Lipinski definition) is 0. The molecule has 0 aromatic rings. The smallest absolute Gasteiger partial charge is 0.174 e. The highest BCUT2D eigenvalue weighted by Gasteiger charge is 2.18. The van der Waals surface area contributed by atoms with Crippen LogP contribution in [0, 0.1) is 0 Å². The van der Waals surface area contributed by atoms with Gasteiger partial charge in [-0.15, -0.1) is 0 Å². The molecule has 106 valence electrons. The fourth-order valence-electron chi connectivity index (χ4n) is 1.58. The monoisotopic (exact) mass is 259 g/mol. The first kappa shape index (κ1) is 17.2. The normalized spacial score (nSPS) is 12.8. The van der Waals surface area contributed by atoms with Crippen molar-refractivity contribution in [3.8, 4) is 0 Å². The molecule has 0 aliphatic rings. The largest absolute Gasteiger partial charge is 0.321 e. The van der Waals surface area contributed by atoms with Crippen molar-refractivity contribution in [2.45, 2.75) is 0 Å². The third-order valence-corrected chi connectivity index (χ3v) is 3.31. The van der Waals surface area contributed by atoms with Crippen LogP contribution in [0.2, 0.25) is 0 Å². The first-order chi connectivity index (χ1) is 8.22. The summed E-state index contributed by atoms with van der Waals surface area (Å²) in [7, 11) is 10.3. The lowest BCUT2D eigenvalue weighted by atomic mass is 10.3. The summed E-state index contributed by atoms with van der Waals surface area (Å²) >= 11 is 0. The maximum atomic E-state index is 10.5. The summed E-state index contributed by atoms with van der Waals surface area (Å²) in [6.07, 6.45) is 1.95. The fourth-order valence-corrected chi connectivity index (χ4v) is 1.58. The SMILES string of the molecule is CN(CC[N+](C)(C)CC=O)CC[N+](C)(C)CC=O. The van der Waals surface area contributed by atoms with Crippen molar-refractivity contribution in [1.29, 1.82) is 0 Å². The molecule has 0 saturated heterocycles. The molecule has 0 heterocycles. The van der Waals surface area contributed by atoms with Gasteiger partial charge >= 0.3 is 0 Å². The van der Waals surface area contributed by atoms with Gasteiger partial charge in [-0.3, -0.25) is 14.5 Å². The van der Waals surface area contributed by atoms with Gasteiger partial charge in [-0.2, -0.15) is 0 Å². The topological polar surface area (TPSA) is 37.4 Å². The molecule has 0 fully saturated rings. The molecular formula is C13H29N3O2+2. The quantitative estimate of drug-likeness (QED) is 0.391. The average Bonchev–Trinajstić information content (AvgIpc) is 2.24. The van der Waals surface area contributed by atoms with E-state index in [1.54, 1.807) is 0 Å². The molecule has 0 rings (SSSR count). The van der Waals surface area contributed by atoms with Crippen LogP contribution in [0.5, 0.6) is 0 Å². The number of aldehydes is 2. The van der Waals surface area contributed by atoms with Gasteiger partial charge in [0.05, 0.1) is 41.3 Å². The maximum Gasteiger partial charge on any atom is 0.174 e. The standard InChI is InChI=1S/C13H29N3O2/c1-14(6-8-15(2,3)10-12-17)7-9-16(4,5)11-13-18/h12-13H,6-11H2,1-5H3/q+2. The second-order valence-corrected chi connectivity index (χ2v) is 6.32. The van der Waals surface area contributed by atoms with Crippen LogP contribution in [0.3, 0.4) is 0 Å². The fraction of sp³-hybridized carbons (Fsp3) is 0.846. The molecule has 0 radical (unpaired) electrons. The third kappa shape index (κ3) is 8.33. The van der Waals surface area contributed by atoms with Gasteiger partial charge in [0.1, 0.15) is 13.1 Å². The molecule has 0 aromatic heterocycles. The van der Waals surface area contributed by atoms with Gasteiger partial charge in [0.25, 0.3) is 0 Å². The zero-order valence-corrected chi connectivity index (χ0v) is 12.6.